The largest absolute Gasteiger partial charge is 0.378 e. The van der Waals surface area contributed by atoms with Gasteiger partial charge in [0.2, 0.25) is 0 Å². The van der Waals surface area contributed by atoms with E-state index in [0.717, 1.165) is 13.2 Å². The minimum Gasteiger partial charge on any atom is -0.378 e. The lowest BCUT2D eigenvalue weighted by Gasteiger charge is -2.31. The molecule has 102 valence electrons. The highest BCUT2D eigenvalue weighted by Crippen LogP contribution is 2.31. The van der Waals surface area contributed by atoms with Crippen molar-refractivity contribution >= 4 is 0 Å². The molecule has 2 unspecified atom stereocenters. The van der Waals surface area contributed by atoms with Crippen LogP contribution in [-0.4, -0.2) is 25.8 Å². The van der Waals surface area contributed by atoms with E-state index < -0.39 is 0 Å². The van der Waals surface area contributed by atoms with Gasteiger partial charge in [0.25, 0.3) is 0 Å². The first-order chi connectivity index (χ1) is 8.20. The third-order valence-electron chi connectivity index (χ3n) is 3.93. The summed E-state index contributed by atoms with van der Waals surface area (Å²) in [6.45, 7) is 10.3. The van der Waals surface area contributed by atoms with Gasteiger partial charge >= 0.3 is 0 Å². The van der Waals surface area contributed by atoms with Crippen LogP contribution < -0.4 is 5.32 Å². The Balaban J connectivity index is 2.28. The van der Waals surface area contributed by atoms with Crippen molar-refractivity contribution in [2.75, 3.05) is 19.7 Å². The molecule has 1 saturated heterocycles. The number of hydrogen-bond donors (Lipinski definition) is 1. The highest BCUT2D eigenvalue weighted by Gasteiger charge is 2.25. The van der Waals surface area contributed by atoms with Crippen LogP contribution in [0.2, 0.25) is 0 Å². The van der Waals surface area contributed by atoms with Gasteiger partial charge < -0.3 is 10.1 Å². The molecule has 1 N–H and O–H groups in total. The highest BCUT2D eigenvalue weighted by molar-refractivity contribution is 4.79. The van der Waals surface area contributed by atoms with E-state index in [-0.39, 0.29) is 0 Å². The maximum Gasteiger partial charge on any atom is 0.0576 e. The van der Waals surface area contributed by atoms with E-state index in [1.165, 1.54) is 51.5 Å². The van der Waals surface area contributed by atoms with Crippen molar-refractivity contribution in [2.45, 2.75) is 71.8 Å². The molecule has 1 heterocycles. The zero-order chi connectivity index (χ0) is 12.6. The fourth-order valence-corrected chi connectivity index (χ4v) is 2.85. The van der Waals surface area contributed by atoms with Gasteiger partial charge in [-0.3, -0.25) is 0 Å². The fourth-order valence-electron chi connectivity index (χ4n) is 2.85. The molecule has 0 radical (unpaired) electrons. The van der Waals surface area contributed by atoms with Crippen molar-refractivity contribution in [3.8, 4) is 0 Å². The van der Waals surface area contributed by atoms with Crippen LogP contribution in [0.4, 0.5) is 0 Å². The van der Waals surface area contributed by atoms with Crippen LogP contribution in [0.1, 0.15) is 65.7 Å². The summed E-state index contributed by atoms with van der Waals surface area (Å²) in [5.74, 6) is 0. The lowest BCUT2D eigenvalue weighted by molar-refractivity contribution is 0.0876. The van der Waals surface area contributed by atoms with Crippen LogP contribution in [0.3, 0.4) is 0 Å². The molecule has 1 aliphatic rings. The van der Waals surface area contributed by atoms with E-state index in [4.69, 9.17) is 4.74 Å². The first-order valence-corrected chi connectivity index (χ1v) is 7.52. The summed E-state index contributed by atoms with van der Waals surface area (Å²) in [6.07, 6.45) is 9.51. The summed E-state index contributed by atoms with van der Waals surface area (Å²) < 4.78 is 5.73. The van der Waals surface area contributed by atoms with Gasteiger partial charge in [-0.2, -0.15) is 0 Å². The SMILES string of the molecule is CCCNCC(C)(CCC)CCC1CCCO1. The molecule has 0 saturated carbocycles. The van der Waals surface area contributed by atoms with Crippen molar-refractivity contribution in [3.05, 3.63) is 0 Å². The second-order valence-electron chi connectivity index (χ2n) is 5.91. The van der Waals surface area contributed by atoms with Gasteiger partial charge in [0.15, 0.2) is 0 Å². The van der Waals surface area contributed by atoms with Crippen molar-refractivity contribution in [2.24, 2.45) is 5.41 Å². The summed E-state index contributed by atoms with van der Waals surface area (Å²) in [6, 6.07) is 0. The van der Waals surface area contributed by atoms with E-state index in [2.05, 4.69) is 26.1 Å². The van der Waals surface area contributed by atoms with Crippen LogP contribution in [-0.2, 0) is 4.74 Å². The predicted octanol–water partition coefficient (Wildman–Crippen LogP) is 3.75. The van der Waals surface area contributed by atoms with E-state index in [9.17, 15) is 0 Å². The normalized spacial score (nSPS) is 23.8. The molecule has 17 heavy (non-hydrogen) atoms. The van der Waals surface area contributed by atoms with Crippen LogP contribution in [0.25, 0.3) is 0 Å². The lowest BCUT2D eigenvalue weighted by atomic mass is 9.80. The molecule has 0 aromatic rings. The zero-order valence-electron chi connectivity index (χ0n) is 12.1. The third kappa shape index (κ3) is 5.87. The van der Waals surface area contributed by atoms with Crippen molar-refractivity contribution in [1.82, 2.24) is 5.32 Å². The molecule has 0 spiro atoms. The van der Waals surface area contributed by atoms with Crippen molar-refractivity contribution < 1.29 is 4.74 Å². The van der Waals surface area contributed by atoms with E-state index in [1.54, 1.807) is 0 Å². The van der Waals surface area contributed by atoms with Crippen LogP contribution in [0.15, 0.2) is 0 Å². The Hall–Kier alpha value is -0.0800. The van der Waals surface area contributed by atoms with Crippen LogP contribution >= 0.6 is 0 Å². The Morgan fingerprint density at radius 3 is 2.65 bits per heavy atom. The van der Waals surface area contributed by atoms with Gasteiger partial charge in [-0.15, -0.1) is 0 Å². The van der Waals surface area contributed by atoms with Gasteiger partial charge in [-0.1, -0.05) is 27.2 Å². The van der Waals surface area contributed by atoms with E-state index >= 15 is 0 Å². The number of hydrogen-bond acceptors (Lipinski definition) is 2. The van der Waals surface area contributed by atoms with Crippen molar-refractivity contribution in [1.29, 1.82) is 0 Å². The molecule has 2 nitrogen and oxygen atoms in total. The smallest absolute Gasteiger partial charge is 0.0576 e. The topological polar surface area (TPSA) is 21.3 Å². The molecule has 0 aliphatic carbocycles. The maximum atomic E-state index is 5.73. The van der Waals surface area contributed by atoms with Gasteiger partial charge in [-0.05, 0) is 50.5 Å². The minimum absolute atomic E-state index is 0.468. The van der Waals surface area contributed by atoms with Gasteiger partial charge in [-0.25, -0.2) is 0 Å². The second-order valence-corrected chi connectivity index (χ2v) is 5.91. The monoisotopic (exact) mass is 241 g/mol. The summed E-state index contributed by atoms with van der Waals surface area (Å²) >= 11 is 0. The Morgan fingerprint density at radius 1 is 1.24 bits per heavy atom. The second kappa shape index (κ2) is 8.10. The Morgan fingerprint density at radius 2 is 2.06 bits per heavy atom. The molecule has 2 atom stereocenters. The lowest BCUT2D eigenvalue weighted by Crippen LogP contribution is -2.33. The average molecular weight is 241 g/mol. The molecule has 2 heteroatoms. The average Bonchev–Trinajstić information content (AvgIpc) is 2.80. The highest BCUT2D eigenvalue weighted by atomic mass is 16.5. The van der Waals surface area contributed by atoms with E-state index in [1.807, 2.05) is 0 Å². The minimum atomic E-state index is 0.468. The summed E-state index contributed by atoms with van der Waals surface area (Å²) in [7, 11) is 0. The van der Waals surface area contributed by atoms with Gasteiger partial charge in [0.1, 0.15) is 0 Å². The van der Waals surface area contributed by atoms with Gasteiger partial charge in [0, 0.05) is 13.2 Å². The molecule has 1 fully saturated rings. The standard InChI is InChI=1S/C15H31NO/c1-4-9-15(3,13-16-11-5-2)10-8-14-7-6-12-17-14/h14,16H,4-13H2,1-3H3. The molecule has 0 bridgehead atoms. The number of ether oxygens (including phenoxy) is 1. The predicted molar refractivity (Wildman–Crippen MR) is 74.4 cm³/mol. The Kier molecular flexibility index (Phi) is 7.14. The molecule has 1 rings (SSSR count). The van der Waals surface area contributed by atoms with Gasteiger partial charge in [0.05, 0.1) is 6.10 Å². The maximum absolute atomic E-state index is 5.73. The first kappa shape index (κ1) is 15.0. The Labute approximate surface area is 108 Å². The van der Waals surface area contributed by atoms with Crippen LogP contribution in [0.5, 0.6) is 0 Å². The quantitative estimate of drug-likeness (QED) is 0.621. The molecule has 1 aliphatic heterocycles. The van der Waals surface area contributed by atoms with Crippen molar-refractivity contribution in [3.63, 3.8) is 0 Å². The summed E-state index contributed by atoms with van der Waals surface area (Å²) in [5, 5.41) is 3.60. The Bertz CT molecular complexity index is 189. The summed E-state index contributed by atoms with van der Waals surface area (Å²) in [5.41, 5.74) is 0.468. The zero-order valence-corrected chi connectivity index (χ0v) is 12.1. The molecular weight excluding hydrogens is 210 g/mol. The molecule has 0 aromatic heterocycles. The van der Waals surface area contributed by atoms with Crippen LogP contribution in [0, 0.1) is 5.41 Å². The first-order valence-electron chi connectivity index (χ1n) is 7.52. The number of rotatable bonds is 9. The third-order valence-corrected chi connectivity index (χ3v) is 3.93. The molecule has 0 aromatic carbocycles. The molecular formula is C15H31NO. The summed E-state index contributed by atoms with van der Waals surface area (Å²) in [4.78, 5) is 0. The fraction of sp³-hybridized carbons (Fsp3) is 1.00. The number of nitrogens with one attached hydrogen (secondary N) is 1. The molecule has 0 amide bonds. The van der Waals surface area contributed by atoms with E-state index in [0.29, 0.717) is 11.5 Å².